The molecule has 0 heterocycles. The monoisotopic (exact) mass is 361 g/mol. The topological polar surface area (TPSA) is 38.3 Å². The average Bonchev–Trinajstić information content (AvgIpc) is 2.42. The summed E-state index contributed by atoms with van der Waals surface area (Å²) in [4.78, 5) is 11.9. The van der Waals surface area contributed by atoms with E-state index in [2.05, 4.69) is 28.2 Å². The molecule has 0 bridgehead atoms. The van der Waals surface area contributed by atoms with E-state index in [1.165, 1.54) is 0 Å². The van der Waals surface area contributed by atoms with Gasteiger partial charge in [0.2, 0.25) is 0 Å². The van der Waals surface area contributed by atoms with E-state index in [1.807, 2.05) is 0 Å². The molecule has 0 aromatic heterocycles. The van der Waals surface area contributed by atoms with Crippen LogP contribution in [0.4, 0.5) is 0 Å². The number of rotatable bonds is 8. The maximum absolute atomic E-state index is 11.9. The first-order chi connectivity index (χ1) is 9.52. The Morgan fingerprint density at radius 3 is 2.85 bits per heavy atom. The lowest BCUT2D eigenvalue weighted by atomic mass is 10.1. The molecule has 1 aromatic rings. The molecule has 112 valence electrons. The van der Waals surface area contributed by atoms with E-state index in [4.69, 9.17) is 16.3 Å². The van der Waals surface area contributed by atoms with Crippen molar-refractivity contribution in [1.82, 2.24) is 5.32 Å². The lowest BCUT2D eigenvalue weighted by Crippen LogP contribution is -2.36. The SMILES string of the molecule is CC(CBr)CCCNC(=O)C(C)Oc1cccc(Cl)c1. The minimum atomic E-state index is -0.526. The third kappa shape index (κ3) is 6.62. The van der Waals surface area contributed by atoms with Crippen molar-refractivity contribution in [3.8, 4) is 5.75 Å². The van der Waals surface area contributed by atoms with Crippen LogP contribution >= 0.6 is 27.5 Å². The molecule has 0 saturated carbocycles. The fourth-order valence-electron chi connectivity index (χ4n) is 1.68. The molecule has 0 fully saturated rings. The summed E-state index contributed by atoms with van der Waals surface area (Å²) in [5, 5.41) is 4.48. The van der Waals surface area contributed by atoms with Crippen LogP contribution in [0.3, 0.4) is 0 Å². The molecule has 2 unspecified atom stereocenters. The molecule has 2 atom stereocenters. The number of carbonyl (C=O) groups is 1. The van der Waals surface area contributed by atoms with Crippen molar-refractivity contribution in [2.75, 3.05) is 11.9 Å². The van der Waals surface area contributed by atoms with Gasteiger partial charge in [-0.15, -0.1) is 0 Å². The fourth-order valence-corrected chi connectivity index (χ4v) is 2.18. The van der Waals surface area contributed by atoms with Gasteiger partial charge in [-0.25, -0.2) is 0 Å². The molecule has 0 aliphatic carbocycles. The van der Waals surface area contributed by atoms with Crippen molar-refractivity contribution in [2.24, 2.45) is 5.92 Å². The molecule has 1 amide bonds. The summed E-state index contributed by atoms with van der Waals surface area (Å²) >= 11 is 9.31. The molecule has 0 aliphatic heterocycles. The van der Waals surface area contributed by atoms with E-state index in [1.54, 1.807) is 31.2 Å². The Hall–Kier alpha value is -0.740. The second kappa shape index (κ2) is 9.24. The summed E-state index contributed by atoms with van der Waals surface area (Å²) < 4.78 is 5.55. The van der Waals surface area contributed by atoms with E-state index in [0.717, 1.165) is 18.2 Å². The number of nitrogens with one attached hydrogen (secondary N) is 1. The molecule has 1 rings (SSSR count). The first-order valence-electron chi connectivity index (χ1n) is 6.78. The summed E-state index contributed by atoms with van der Waals surface area (Å²) in [5.41, 5.74) is 0. The van der Waals surface area contributed by atoms with Crippen LogP contribution < -0.4 is 10.1 Å². The van der Waals surface area contributed by atoms with Gasteiger partial charge in [0.25, 0.3) is 5.91 Å². The summed E-state index contributed by atoms with van der Waals surface area (Å²) in [7, 11) is 0. The van der Waals surface area contributed by atoms with Gasteiger partial charge in [0.1, 0.15) is 5.75 Å². The van der Waals surface area contributed by atoms with Gasteiger partial charge >= 0.3 is 0 Å². The van der Waals surface area contributed by atoms with E-state index < -0.39 is 6.10 Å². The van der Waals surface area contributed by atoms with E-state index in [-0.39, 0.29) is 5.91 Å². The highest BCUT2D eigenvalue weighted by atomic mass is 79.9. The van der Waals surface area contributed by atoms with Crippen molar-refractivity contribution in [3.63, 3.8) is 0 Å². The fraction of sp³-hybridized carbons (Fsp3) is 0.533. The molecular weight excluding hydrogens is 342 g/mol. The first-order valence-corrected chi connectivity index (χ1v) is 8.28. The smallest absolute Gasteiger partial charge is 0.260 e. The van der Waals surface area contributed by atoms with Crippen LogP contribution in [0.5, 0.6) is 5.75 Å². The van der Waals surface area contributed by atoms with Crippen LogP contribution in [0.25, 0.3) is 0 Å². The Morgan fingerprint density at radius 2 is 2.20 bits per heavy atom. The van der Waals surface area contributed by atoms with Crippen LogP contribution in [0.2, 0.25) is 5.02 Å². The summed E-state index contributed by atoms with van der Waals surface area (Å²) in [5.74, 6) is 1.14. The van der Waals surface area contributed by atoms with Gasteiger partial charge in [0, 0.05) is 16.9 Å². The molecule has 20 heavy (non-hydrogen) atoms. The Labute approximate surface area is 134 Å². The van der Waals surface area contributed by atoms with Gasteiger partial charge in [0.15, 0.2) is 6.10 Å². The molecule has 0 radical (unpaired) electrons. The van der Waals surface area contributed by atoms with Gasteiger partial charge in [-0.05, 0) is 43.9 Å². The second-order valence-electron chi connectivity index (χ2n) is 4.91. The molecule has 3 nitrogen and oxygen atoms in total. The third-order valence-corrected chi connectivity index (χ3v) is 4.25. The maximum atomic E-state index is 11.9. The third-order valence-electron chi connectivity index (χ3n) is 2.91. The highest BCUT2D eigenvalue weighted by Crippen LogP contribution is 2.18. The molecular formula is C15H21BrClNO2. The normalized spacial score (nSPS) is 13.6. The maximum Gasteiger partial charge on any atom is 0.260 e. The van der Waals surface area contributed by atoms with Crippen LogP contribution in [-0.4, -0.2) is 23.9 Å². The summed E-state index contributed by atoms with van der Waals surface area (Å²) in [6, 6.07) is 7.05. The average molecular weight is 363 g/mol. The zero-order valence-electron chi connectivity index (χ0n) is 11.9. The molecule has 0 saturated heterocycles. The number of ether oxygens (including phenoxy) is 1. The van der Waals surface area contributed by atoms with Crippen LogP contribution in [0, 0.1) is 5.92 Å². The Kier molecular flexibility index (Phi) is 8.00. The quantitative estimate of drug-likeness (QED) is 0.560. The van der Waals surface area contributed by atoms with Gasteiger partial charge in [-0.3, -0.25) is 4.79 Å². The highest BCUT2D eigenvalue weighted by Gasteiger charge is 2.14. The number of halogens is 2. The second-order valence-corrected chi connectivity index (χ2v) is 5.99. The number of carbonyl (C=O) groups excluding carboxylic acids is 1. The summed E-state index contributed by atoms with van der Waals surface area (Å²) in [6.45, 7) is 4.60. The van der Waals surface area contributed by atoms with Gasteiger partial charge in [-0.1, -0.05) is 40.5 Å². The van der Waals surface area contributed by atoms with Gasteiger partial charge in [0.05, 0.1) is 0 Å². The predicted molar refractivity (Wildman–Crippen MR) is 86.7 cm³/mol. The van der Waals surface area contributed by atoms with Crippen LogP contribution in [-0.2, 0) is 4.79 Å². The molecule has 5 heteroatoms. The van der Waals surface area contributed by atoms with Crippen molar-refractivity contribution < 1.29 is 9.53 Å². The molecule has 0 aliphatic rings. The predicted octanol–water partition coefficient (Wildman–Crippen LogP) is 4.03. The first kappa shape index (κ1) is 17.3. The van der Waals surface area contributed by atoms with Gasteiger partial charge < -0.3 is 10.1 Å². The zero-order chi connectivity index (χ0) is 15.0. The largest absolute Gasteiger partial charge is 0.481 e. The van der Waals surface area contributed by atoms with Crippen LogP contribution in [0.1, 0.15) is 26.7 Å². The Bertz CT molecular complexity index is 428. The van der Waals surface area contributed by atoms with Crippen molar-refractivity contribution in [1.29, 1.82) is 0 Å². The van der Waals surface area contributed by atoms with Crippen molar-refractivity contribution in [2.45, 2.75) is 32.8 Å². The lowest BCUT2D eigenvalue weighted by molar-refractivity contribution is -0.127. The minimum absolute atomic E-state index is 0.100. The molecule has 0 spiro atoms. The number of hydrogen-bond donors (Lipinski definition) is 1. The van der Waals surface area contributed by atoms with Crippen molar-refractivity contribution in [3.05, 3.63) is 29.3 Å². The van der Waals surface area contributed by atoms with E-state index in [0.29, 0.717) is 23.2 Å². The number of benzene rings is 1. The molecule has 1 N–H and O–H groups in total. The van der Waals surface area contributed by atoms with E-state index in [9.17, 15) is 4.79 Å². The molecule has 1 aromatic carbocycles. The standard InChI is InChI=1S/C15H21BrClNO2/c1-11(10-16)5-4-8-18-15(19)12(2)20-14-7-3-6-13(17)9-14/h3,6-7,9,11-12H,4-5,8,10H2,1-2H3,(H,18,19). The highest BCUT2D eigenvalue weighted by molar-refractivity contribution is 9.09. The lowest BCUT2D eigenvalue weighted by Gasteiger charge is -2.15. The number of amides is 1. The van der Waals surface area contributed by atoms with E-state index >= 15 is 0 Å². The Morgan fingerprint density at radius 1 is 1.45 bits per heavy atom. The number of alkyl halides is 1. The van der Waals surface area contributed by atoms with Crippen molar-refractivity contribution >= 4 is 33.4 Å². The Balaban J connectivity index is 2.29. The zero-order valence-corrected chi connectivity index (χ0v) is 14.2. The number of hydrogen-bond acceptors (Lipinski definition) is 2. The van der Waals surface area contributed by atoms with Gasteiger partial charge in [-0.2, -0.15) is 0 Å². The minimum Gasteiger partial charge on any atom is -0.481 e. The van der Waals surface area contributed by atoms with Crippen LogP contribution in [0.15, 0.2) is 24.3 Å². The summed E-state index contributed by atoms with van der Waals surface area (Å²) in [6.07, 6.45) is 1.54.